The Balaban J connectivity index is 1.80. The zero-order valence-corrected chi connectivity index (χ0v) is 16.8. The molecule has 3 heteroatoms. The monoisotopic (exact) mass is 375 g/mol. The van der Waals surface area contributed by atoms with Gasteiger partial charge in [0.05, 0.1) is 11.3 Å². The van der Waals surface area contributed by atoms with Crippen molar-refractivity contribution in [2.24, 2.45) is 0 Å². The number of amides is 1. The molecule has 138 valence electrons. The SMILES string of the molecule is Cc1ccc(S[C@H](C)C(=O)N[C@@H](c2ccccc2)c2ccccc2C)cc1. The lowest BCUT2D eigenvalue weighted by Gasteiger charge is -2.23. The van der Waals surface area contributed by atoms with E-state index in [1.807, 2.05) is 37.3 Å². The molecular weight excluding hydrogens is 350 g/mol. The molecule has 0 bridgehead atoms. The van der Waals surface area contributed by atoms with Gasteiger partial charge in [-0.1, -0.05) is 72.3 Å². The number of carbonyl (C=O) groups excluding carboxylic acids is 1. The number of hydrogen-bond acceptors (Lipinski definition) is 2. The molecule has 0 radical (unpaired) electrons. The fraction of sp³-hybridized carbons (Fsp3) is 0.208. The minimum Gasteiger partial charge on any atom is -0.344 e. The standard InChI is InChI=1S/C24H25NOS/c1-17-13-15-21(16-14-17)27-19(3)24(26)25-23(20-10-5-4-6-11-20)22-12-8-7-9-18(22)2/h4-16,19,23H,1-3H3,(H,25,26)/t19-,23+/m1/s1. The lowest BCUT2D eigenvalue weighted by atomic mass is 9.95. The third-order valence-electron chi connectivity index (χ3n) is 4.62. The Kier molecular flexibility index (Phi) is 6.36. The quantitative estimate of drug-likeness (QED) is 0.561. The Hall–Kier alpha value is -2.52. The van der Waals surface area contributed by atoms with Crippen molar-refractivity contribution in [1.29, 1.82) is 0 Å². The average molecular weight is 376 g/mol. The van der Waals surface area contributed by atoms with Crippen LogP contribution >= 0.6 is 11.8 Å². The van der Waals surface area contributed by atoms with Gasteiger partial charge in [0.1, 0.15) is 0 Å². The summed E-state index contributed by atoms with van der Waals surface area (Å²) in [4.78, 5) is 14.1. The van der Waals surface area contributed by atoms with Crippen molar-refractivity contribution in [2.45, 2.75) is 37.0 Å². The highest BCUT2D eigenvalue weighted by molar-refractivity contribution is 8.00. The first kappa shape index (κ1) is 19.2. The van der Waals surface area contributed by atoms with E-state index in [0.717, 1.165) is 16.0 Å². The summed E-state index contributed by atoms with van der Waals surface area (Å²) < 4.78 is 0. The van der Waals surface area contributed by atoms with Gasteiger partial charge in [-0.15, -0.1) is 11.8 Å². The predicted molar refractivity (Wildman–Crippen MR) is 114 cm³/mol. The first-order valence-corrected chi connectivity index (χ1v) is 10.1. The Morgan fingerprint density at radius 1 is 0.852 bits per heavy atom. The lowest BCUT2D eigenvalue weighted by Crippen LogP contribution is -2.35. The predicted octanol–water partition coefficient (Wildman–Crippen LogP) is 5.69. The van der Waals surface area contributed by atoms with Crippen molar-refractivity contribution in [2.75, 3.05) is 0 Å². The van der Waals surface area contributed by atoms with Crippen LogP contribution in [0.5, 0.6) is 0 Å². The summed E-state index contributed by atoms with van der Waals surface area (Å²) in [7, 11) is 0. The maximum absolute atomic E-state index is 13.0. The average Bonchev–Trinajstić information content (AvgIpc) is 2.69. The van der Waals surface area contributed by atoms with Gasteiger partial charge in [0.2, 0.25) is 5.91 Å². The van der Waals surface area contributed by atoms with Crippen LogP contribution in [-0.2, 0) is 4.79 Å². The fourth-order valence-electron chi connectivity index (χ4n) is 3.03. The fourth-order valence-corrected chi connectivity index (χ4v) is 3.91. The molecule has 0 unspecified atom stereocenters. The molecule has 27 heavy (non-hydrogen) atoms. The van der Waals surface area contributed by atoms with Crippen LogP contribution < -0.4 is 5.32 Å². The second kappa shape index (κ2) is 8.92. The summed E-state index contributed by atoms with van der Waals surface area (Å²) in [5, 5.41) is 3.08. The van der Waals surface area contributed by atoms with E-state index in [-0.39, 0.29) is 17.2 Å². The van der Waals surface area contributed by atoms with Gasteiger partial charge in [-0.2, -0.15) is 0 Å². The molecule has 2 nitrogen and oxygen atoms in total. The summed E-state index contributed by atoms with van der Waals surface area (Å²) in [6.45, 7) is 6.11. The van der Waals surface area contributed by atoms with Crippen LogP contribution in [0, 0.1) is 13.8 Å². The number of thioether (sulfide) groups is 1. The molecule has 3 aromatic carbocycles. The summed E-state index contributed by atoms with van der Waals surface area (Å²) >= 11 is 1.58. The van der Waals surface area contributed by atoms with Crippen molar-refractivity contribution >= 4 is 17.7 Å². The molecule has 0 saturated heterocycles. The highest BCUT2D eigenvalue weighted by Crippen LogP contribution is 2.27. The maximum Gasteiger partial charge on any atom is 0.233 e. The zero-order valence-electron chi connectivity index (χ0n) is 16.0. The first-order valence-electron chi connectivity index (χ1n) is 9.19. The van der Waals surface area contributed by atoms with Crippen molar-refractivity contribution in [1.82, 2.24) is 5.32 Å². The Morgan fingerprint density at radius 3 is 2.15 bits per heavy atom. The van der Waals surface area contributed by atoms with Gasteiger partial charge in [-0.05, 0) is 49.6 Å². The number of rotatable bonds is 6. The van der Waals surface area contributed by atoms with Crippen LogP contribution in [0.15, 0.2) is 83.8 Å². The summed E-state index contributed by atoms with van der Waals surface area (Å²) in [6, 6.07) is 26.5. The number of aryl methyl sites for hydroxylation is 2. The van der Waals surface area contributed by atoms with Gasteiger partial charge < -0.3 is 5.32 Å². The smallest absolute Gasteiger partial charge is 0.233 e. The highest BCUT2D eigenvalue weighted by Gasteiger charge is 2.22. The van der Waals surface area contributed by atoms with Crippen LogP contribution in [0.1, 0.15) is 35.2 Å². The number of hydrogen-bond donors (Lipinski definition) is 1. The van der Waals surface area contributed by atoms with E-state index in [1.165, 1.54) is 11.1 Å². The summed E-state index contributed by atoms with van der Waals surface area (Å²) in [5.74, 6) is 0.0395. The van der Waals surface area contributed by atoms with Crippen LogP contribution in [0.4, 0.5) is 0 Å². The van der Waals surface area contributed by atoms with Gasteiger partial charge >= 0.3 is 0 Å². The molecular formula is C24H25NOS. The number of carbonyl (C=O) groups is 1. The Morgan fingerprint density at radius 2 is 1.48 bits per heavy atom. The molecule has 0 aliphatic heterocycles. The molecule has 3 rings (SSSR count). The van der Waals surface area contributed by atoms with E-state index in [9.17, 15) is 4.79 Å². The lowest BCUT2D eigenvalue weighted by molar-refractivity contribution is -0.120. The molecule has 2 atom stereocenters. The van der Waals surface area contributed by atoms with Crippen molar-refractivity contribution < 1.29 is 4.79 Å². The highest BCUT2D eigenvalue weighted by atomic mass is 32.2. The van der Waals surface area contributed by atoms with Gasteiger partial charge in [0.25, 0.3) is 0 Å². The molecule has 3 aromatic rings. The molecule has 0 heterocycles. The topological polar surface area (TPSA) is 29.1 Å². The minimum atomic E-state index is -0.178. The molecule has 0 spiro atoms. The normalized spacial score (nSPS) is 13.0. The molecule has 0 saturated carbocycles. The van der Waals surface area contributed by atoms with Gasteiger partial charge in [-0.3, -0.25) is 4.79 Å². The van der Waals surface area contributed by atoms with Gasteiger partial charge in [-0.25, -0.2) is 0 Å². The van der Waals surface area contributed by atoms with Crippen LogP contribution in [0.3, 0.4) is 0 Å². The van der Waals surface area contributed by atoms with Crippen molar-refractivity contribution in [3.05, 3.63) is 101 Å². The molecule has 1 N–H and O–H groups in total. The van der Waals surface area contributed by atoms with Crippen LogP contribution in [0.25, 0.3) is 0 Å². The van der Waals surface area contributed by atoms with E-state index >= 15 is 0 Å². The van der Waals surface area contributed by atoms with Gasteiger partial charge in [0.15, 0.2) is 0 Å². The van der Waals surface area contributed by atoms with E-state index in [4.69, 9.17) is 0 Å². The molecule has 1 amide bonds. The molecule has 0 aromatic heterocycles. The maximum atomic E-state index is 13.0. The van der Waals surface area contributed by atoms with Crippen LogP contribution in [-0.4, -0.2) is 11.2 Å². The third kappa shape index (κ3) is 5.01. The van der Waals surface area contributed by atoms with Crippen LogP contribution in [0.2, 0.25) is 0 Å². The molecule has 0 aliphatic rings. The number of benzene rings is 3. The van der Waals surface area contributed by atoms with E-state index < -0.39 is 0 Å². The molecule has 0 aliphatic carbocycles. The Labute approximate surface area is 166 Å². The van der Waals surface area contributed by atoms with Crippen molar-refractivity contribution in [3.8, 4) is 0 Å². The summed E-state index contributed by atoms with van der Waals surface area (Å²) in [5.41, 5.74) is 4.61. The first-order chi connectivity index (χ1) is 13.0. The number of nitrogens with one attached hydrogen (secondary N) is 1. The summed E-state index contributed by atoms with van der Waals surface area (Å²) in [6.07, 6.45) is 0. The zero-order chi connectivity index (χ0) is 19.2. The molecule has 0 fully saturated rings. The minimum absolute atomic E-state index is 0.0395. The third-order valence-corrected chi connectivity index (χ3v) is 5.73. The largest absolute Gasteiger partial charge is 0.344 e. The van der Waals surface area contributed by atoms with E-state index in [2.05, 4.69) is 67.7 Å². The van der Waals surface area contributed by atoms with Gasteiger partial charge in [0, 0.05) is 4.90 Å². The second-order valence-electron chi connectivity index (χ2n) is 6.78. The Bertz CT molecular complexity index is 890. The second-order valence-corrected chi connectivity index (χ2v) is 8.20. The van der Waals surface area contributed by atoms with E-state index in [1.54, 1.807) is 11.8 Å². The van der Waals surface area contributed by atoms with E-state index in [0.29, 0.717) is 0 Å². The van der Waals surface area contributed by atoms with Crippen molar-refractivity contribution in [3.63, 3.8) is 0 Å².